The molecule has 3 amide bonds. The Morgan fingerprint density at radius 2 is 2.00 bits per heavy atom. The minimum absolute atomic E-state index is 0.187. The Bertz CT molecular complexity index is 1170. The molecule has 9 heteroatoms. The fraction of sp³-hybridized carbons (Fsp3) is 0.0952. The van der Waals surface area contributed by atoms with Crippen molar-refractivity contribution in [3.63, 3.8) is 0 Å². The Balaban J connectivity index is 1.87. The lowest BCUT2D eigenvalue weighted by Gasteiger charge is -2.13. The number of aliphatic imine (C=N–C) groups is 1. The van der Waals surface area contributed by atoms with Gasteiger partial charge < -0.3 is 0 Å². The number of rotatable bonds is 3. The Morgan fingerprint density at radius 1 is 1.23 bits per heavy atom. The molecule has 2 aromatic rings. The van der Waals surface area contributed by atoms with Crippen molar-refractivity contribution < 1.29 is 14.4 Å². The van der Waals surface area contributed by atoms with Crippen LogP contribution in [0, 0.1) is 0 Å². The number of halogens is 1. The summed E-state index contributed by atoms with van der Waals surface area (Å²) in [7, 11) is 0. The van der Waals surface area contributed by atoms with Gasteiger partial charge in [-0.1, -0.05) is 35.9 Å². The largest absolute Gasteiger partial charge is 0.283 e. The number of anilines is 1. The second-order valence-corrected chi connectivity index (χ2v) is 7.73. The molecule has 0 unspecified atom stereocenters. The molecule has 1 aromatic carbocycles. The van der Waals surface area contributed by atoms with Crippen LogP contribution in [0.4, 0.5) is 11.4 Å². The van der Waals surface area contributed by atoms with Crippen molar-refractivity contribution in [1.82, 2.24) is 9.88 Å². The molecule has 0 aliphatic carbocycles. The van der Waals surface area contributed by atoms with Crippen LogP contribution in [0.5, 0.6) is 0 Å². The molecule has 150 valence electrons. The number of amides is 3. The summed E-state index contributed by atoms with van der Waals surface area (Å²) in [5.74, 6) is -1.33. The maximum atomic E-state index is 13.2. The van der Waals surface area contributed by atoms with E-state index in [-0.39, 0.29) is 28.1 Å². The number of fused-ring (bicyclic) bond motifs is 1. The molecule has 0 N–H and O–H groups in total. The molecule has 0 spiro atoms. The first kappa shape index (κ1) is 20.1. The quantitative estimate of drug-likeness (QED) is 0.413. The predicted octanol–water partition coefficient (Wildman–Crippen LogP) is 3.79. The van der Waals surface area contributed by atoms with Gasteiger partial charge in [-0.2, -0.15) is 0 Å². The second kappa shape index (κ2) is 7.89. The molecule has 3 heterocycles. The minimum atomic E-state index is -0.529. The number of benzene rings is 1. The number of nitrogens with zero attached hydrogens (tertiary/aromatic N) is 4. The van der Waals surface area contributed by atoms with Gasteiger partial charge in [-0.05, 0) is 30.0 Å². The van der Waals surface area contributed by atoms with E-state index in [0.717, 1.165) is 16.7 Å². The molecule has 0 atom stereocenters. The van der Waals surface area contributed by atoms with Gasteiger partial charge in [-0.25, -0.2) is 14.9 Å². The number of carbonyl (C=O) groups excluding carboxylic acids is 3. The molecule has 1 fully saturated rings. The minimum Gasteiger partial charge on any atom is -0.283 e. The highest BCUT2D eigenvalue weighted by Crippen LogP contribution is 2.45. The zero-order valence-corrected chi connectivity index (χ0v) is 17.4. The van der Waals surface area contributed by atoms with E-state index in [4.69, 9.17) is 11.6 Å². The fourth-order valence-electron chi connectivity index (χ4n) is 3.24. The number of amidine groups is 1. The highest BCUT2D eigenvalue weighted by Gasteiger charge is 2.43. The Morgan fingerprint density at radius 3 is 2.70 bits per heavy atom. The van der Waals surface area contributed by atoms with Crippen molar-refractivity contribution in [1.29, 1.82) is 0 Å². The van der Waals surface area contributed by atoms with Gasteiger partial charge in [0.05, 0.1) is 16.2 Å². The van der Waals surface area contributed by atoms with E-state index < -0.39 is 11.8 Å². The van der Waals surface area contributed by atoms with E-state index in [1.165, 1.54) is 11.8 Å². The lowest BCUT2D eigenvalue weighted by molar-refractivity contribution is -0.124. The fourth-order valence-corrected chi connectivity index (χ4v) is 4.50. The van der Waals surface area contributed by atoms with Crippen LogP contribution in [0.3, 0.4) is 0 Å². The molecule has 1 saturated heterocycles. The number of para-hydroxylation sites is 1. The maximum Gasteiger partial charge on any atom is 0.267 e. The van der Waals surface area contributed by atoms with Crippen LogP contribution in [0.25, 0.3) is 5.57 Å². The van der Waals surface area contributed by atoms with Gasteiger partial charge in [0, 0.05) is 25.2 Å². The highest BCUT2D eigenvalue weighted by molar-refractivity contribution is 8.18. The van der Waals surface area contributed by atoms with E-state index in [9.17, 15) is 14.4 Å². The summed E-state index contributed by atoms with van der Waals surface area (Å²) in [5, 5.41) is 0.548. The number of imide groups is 1. The van der Waals surface area contributed by atoms with Crippen molar-refractivity contribution in [2.75, 3.05) is 11.4 Å². The number of hydrogen-bond donors (Lipinski definition) is 0. The summed E-state index contributed by atoms with van der Waals surface area (Å²) >= 11 is 7.17. The van der Waals surface area contributed by atoms with Gasteiger partial charge >= 0.3 is 0 Å². The summed E-state index contributed by atoms with van der Waals surface area (Å²) in [4.78, 5) is 49.6. The topological polar surface area (TPSA) is 82.9 Å². The standard InChI is InChI=1S/C21H15ClN4O3S/c1-3-11-25-20(29)17(30-21(25)24-14-8-6-10-23-18(14)22)16-13-7-4-5-9-15(13)26(12(2)27)19(16)28/h3-10H,1,11H2,2H3/b17-16-,24-21?. The van der Waals surface area contributed by atoms with Crippen molar-refractivity contribution in [3.05, 3.63) is 70.9 Å². The number of hydrogen-bond acceptors (Lipinski definition) is 6. The van der Waals surface area contributed by atoms with E-state index in [0.29, 0.717) is 22.1 Å². The van der Waals surface area contributed by atoms with Crippen LogP contribution in [0.1, 0.15) is 12.5 Å². The summed E-state index contributed by atoms with van der Waals surface area (Å²) in [6, 6.07) is 10.3. The lowest BCUT2D eigenvalue weighted by Crippen LogP contribution is -2.32. The second-order valence-electron chi connectivity index (χ2n) is 6.40. The zero-order valence-electron chi connectivity index (χ0n) is 15.8. The molecule has 0 radical (unpaired) electrons. The average Bonchev–Trinajstić information content (AvgIpc) is 3.17. The molecule has 1 aromatic heterocycles. The Labute approximate surface area is 181 Å². The van der Waals surface area contributed by atoms with E-state index in [1.807, 2.05) is 0 Å². The average molecular weight is 439 g/mol. The van der Waals surface area contributed by atoms with Gasteiger partial charge in [0.1, 0.15) is 5.69 Å². The van der Waals surface area contributed by atoms with E-state index in [1.54, 1.807) is 48.7 Å². The third kappa shape index (κ3) is 3.24. The number of pyridine rings is 1. The smallest absolute Gasteiger partial charge is 0.267 e. The van der Waals surface area contributed by atoms with Crippen LogP contribution >= 0.6 is 23.4 Å². The van der Waals surface area contributed by atoms with Crippen LogP contribution in [0.15, 0.2) is 65.1 Å². The number of thioether (sulfide) groups is 1. The first-order valence-corrected chi connectivity index (χ1v) is 10.1. The molecular formula is C21H15ClN4O3S. The molecule has 0 saturated carbocycles. The van der Waals surface area contributed by atoms with Gasteiger partial charge in [-0.15, -0.1) is 6.58 Å². The van der Waals surface area contributed by atoms with Crippen LogP contribution in [-0.2, 0) is 14.4 Å². The highest BCUT2D eigenvalue weighted by atomic mass is 35.5. The van der Waals surface area contributed by atoms with E-state index >= 15 is 0 Å². The van der Waals surface area contributed by atoms with Crippen molar-refractivity contribution in [2.45, 2.75) is 6.92 Å². The maximum absolute atomic E-state index is 13.2. The summed E-state index contributed by atoms with van der Waals surface area (Å²) < 4.78 is 0. The van der Waals surface area contributed by atoms with E-state index in [2.05, 4.69) is 16.6 Å². The molecule has 2 aliphatic heterocycles. The van der Waals surface area contributed by atoms with Crippen LogP contribution in [0.2, 0.25) is 5.15 Å². The lowest BCUT2D eigenvalue weighted by atomic mass is 10.1. The molecular weight excluding hydrogens is 424 g/mol. The first-order valence-electron chi connectivity index (χ1n) is 8.92. The van der Waals surface area contributed by atoms with Crippen LogP contribution in [-0.4, -0.2) is 39.3 Å². The molecule has 2 aliphatic rings. The monoisotopic (exact) mass is 438 g/mol. The predicted molar refractivity (Wildman–Crippen MR) is 117 cm³/mol. The van der Waals surface area contributed by atoms with Crippen molar-refractivity contribution >= 4 is 63.2 Å². The summed E-state index contributed by atoms with van der Waals surface area (Å²) in [6.45, 7) is 5.21. The Kier molecular flexibility index (Phi) is 5.27. The van der Waals surface area contributed by atoms with Gasteiger partial charge in [-0.3, -0.25) is 19.3 Å². The SMILES string of the molecule is C=CCN1C(=O)/C(=C2/C(=O)N(C(C)=O)c3ccccc32)SC1=Nc1cccnc1Cl. The first-order chi connectivity index (χ1) is 14.4. The normalized spacial score (nSPS) is 19.6. The van der Waals surface area contributed by atoms with Gasteiger partial charge in [0.25, 0.3) is 11.8 Å². The summed E-state index contributed by atoms with van der Waals surface area (Å²) in [5.41, 5.74) is 1.58. The third-order valence-corrected chi connectivity index (χ3v) is 5.87. The number of carbonyl (C=O) groups is 3. The zero-order chi connectivity index (χ0) is 21.4. The number of aromatic nitrogens is 1. The van der Waals surface area contributed by atoms with Crippen LogP contribution < -0.4 is 4.90 Å². The Hall–Kier alpha value is -3.23. The van der Waals surface area contributed by atoms with Crippen molar-refractivity contribution in [2.24, 2.45) is 4.99 Å². The molecule has 30 heavy (non-hydrogen) atoms. The van der Waals surface area contributed by atoms with Gasteiger partial charge in [0.15, 0.2) is 10.3 Å². The third-order valence-electron chi connectivity index (χ3n) is 4.50. The molecule has 7 nitrogen and oxygen atoms in total. The molecule has 0 bridgehead atoms. The summed E-state index contributed by atoms with van der Waals surface area (Å²) in [6.07, 6.45) is 3.11. The van der Waals surface area contributed by atoms with Gasteiger partial charge in [0.2, 0.25) is 5.91 Å². The molecule has 4 rings (SSSR count). The van der Waals surface area contributed by atoms with Crippen molar-refractivity contribution in [3.8, 4) is 0 Å².